The van der Waals surface area contributed by atoms with E-state index < -0.39 is 0 Å². The van der Waals surface area contributed by atoms with Gasteiger partial charge in [-0.2, -0.15) is 0 Å². The van der Waals surface area contributed by atoms with Crippen LogP contribution in [0.5, 0.6) is 0 Å². The third-order valence-electron chi connectivity index (χ3n) is 1.92. The van der Waals surface area contributed by atoms with Crippen molar-refractivity contribution in [2.75, 3.05) is 26.2 Å². The van der Waals surface area contributed by atoms with Crippen molar-refractivity contribution >= 4 is 0 Å². The molecule has 5 N–H and O–H groups in total. The van der Waals surface area contributed by atoms with Crippen molar-refractivity contribution in [2.45, 2.75) is 0 Å². The van der Waals surface area contributed by atoms with Crippen LogP contribution in [0.15, 0.2) is 24.2 Å². The van der Waals surface area contributed by atoms with Crippen LogP contribution in [0.2, 0.25) is 0 Å². The van der Waals surface area contributed by atoms with E-state index in [2.05, 4.69) is 10.2 Å². The normalized spacial score (nSPS) is 20.3. The Balaban J connectivity index is 2.52. The molecule has 0 saturated carbocycles. The van der Waals surface area contributed by atoms with Crippen LogP contribution in [0.4, 0.5) is 0 Å². The van der Waals surface area contributed by atoms with E-state index in [1.807, 2.05) is 6.08 Å². The fourth-order valence-corrected chi connectivity index (χ4v) is 1.29. The molecular weight excluding hydrogens is 152 g/mol. The van der Waals surface area contributed by atoms with Crippen molar-refractivity contribution in [3.8, 4) is 0 Å². The van der Waals surface area contributed by atoms with Crippen molar-refractivity contribution in [1.29, 1.82) is 0 Å². The van der Waals surface area contributed by atoms with Crippen molar-refractivity contribution in [3.05, 3.63) is 24.2 Å². The van der Waals surface area contributed by atoms with Crippen LogP contribution in [0.3, 0.4) is 0 Å². The van der Waals surface area contributed by atoms with E-state index in [-0.39, 0.29) is 0 Å². The van der Waals surface area contributed by atoms with Crippen LogP contribution >= 0.6 is 0 Å². The summed E-state index contributed by atoms with van der Waals surface area (Å²) < 4.78 is 0. The Morgan fingerprint density at radius 1 is 1.25 bits per heavy atom. The van der Waals surface area contributed by atoms with Gasteiger partial charge in [0.25, 0.3) is 0 Å². The fourth-order valence-electron chi connectivity index (χ4n) is 1.29. The van der Waals surface area contributed by atoms with Gasteiger partial charge in [0.1, 0.15) is 0 Å². The van der Waals surface area contributed by atoms with Gasteiger partial charge in [-0.15, -0.1) is 0 Å². The maximum Gasteiger partial charge on any atom is 0.0539 e. The molecule has 12 heavy (non-hydrogen) atoms. The summed E-state index contributed by atoms with van der Waals surface area (Å²) >= 11 is 0. The Bertz CT molecular complexity index is 179. The second-order valence-corrected chi connectivity index (χ2v) is 2.69. The smallest absolute Gasteiger partial charge is 0.0539 e. The summed E-state index contributed by atoms with van der Waals surface area (Å²) in [7, 11) is 0. The first-order valence-corrected chi connectivity index (χ1v) is 4.14. The second-order valence-electron chi connectivity index (χ2n) is 2.69. The Labute approximate surface area is 72.9 Å². The molecule has 0 radical (unpaired) electrons. The molecule has 0 spiro atoms. The average molecular weight is 168 g/mol. The van der Waals surface area contributed by atoms with Crippen LogP contribution < -0.4 is 16.8 Å². The number of nitrogens with zero attached hydrogens (tertiary/aromatic N) is 1. The first-order chi connectivity index (χ1) is 5.88. The lowest BCUT2D eigenvalue weighted by molar-refractivity contribution is 0.307. The maximum absolute atomic E-state index is 5.46. The summed E-state index contributed by atoms with van der Waals surface area (Å²) in [5.41, 5.74) is 11.8. The molecule has 1 rings (SSSR count). The number of hydrogen-bond acceptors (Lipinski definition) is 4. The minimum absolute atomic E-state index is 0.993. The zero-order valence-electron chi connectivity index (χ0n) is 7.16. The number of allylic oxidation sites excluding steroid dienone is 1. The summed E-state index contributed by atoms with van der Waals surface area (Å²) in [6.07, 6.45) is 4.93. The zero-order valence-corrected chi connectivity index (χ0v) is 7.16. The minimum atomic E-state index is 0.993. The first kappa shape index (κ1) is 8.93. The van der Waals surface area contributed by atoms with Crippen molar-refractivity contribution in [3.63, 3.8) is 0 Å². The van der Waals surface area contributed by atoms with E-state index >= 15 is 0 Å². The number of nitrogens with one attached hydrogen (secondary N) is 1. The third-order valence-corrected chi connectivity index (χ3v) is 1.92. The molecule has 0 aromatic carbocycles. The van der Waals surface area contributed by atoms with Crippen LogP contribution in [0, 0.1) is 0 Å². The molecule has 1 aliphatic heterocycles. The zero-order chi connectivity index (χ0) is 8.81. The molecule has 0 atom stereocenters. The minimum Gasteiger partial charge on any atom is -0.405 e. The summed E-state index contributed by atoms with van der Waals surface area (Å²) in [5, 5.41) is 3.27. The van der Waals surface area contributed by atoms with E-state index in [4.69, 9.17) is 11.5 Å². The molecule has 1 aliphatic rings. The van der Waals surface area contributed by atoms with Crippen LogP contribution in [-0.4, -0.2) is 31.1 Å². The van der Waals surface area contributed by atoms with E-state index in [0.29, 0.717) is 0 Å². The van der Waals surface area contributed by atoms with Crippen molar-refractivity contribution < 1.29 is 0 Å². The number of rotatable bonds is 2. The summed E-state index contributed by atoms with van der Waals surface area (Å²) in [6, 6.07) is 0. The Morgan fingerprint density at radius 2 is 1.92 bits per heavy atom. The molecule has 0 aromatic rings. The lowest BCUT2D eigenvalue weighted by atomic mass is 10.3. The Kier molecular flexibility index (Phi) is 3.47. The van der Waals surface area contributed by atoms with Crippen LogP contribution in [0.25, 0.3) is 0 Å². The molecule has 0 aromatic heterocycles. The van der Waals surface area contributed by atoms with Gasteiger partial charge in [-0.25, -0.2) is 0 Å². The first-order valence-electron chi connectivity index (χ1n) is 4.14. The predicted molar refractivity (Wildman–Crippen MR) is 50.0 cm³/mol. The summed E-state index contributed by atoms with van der Waals surface area (Å²) in [6.45, 7) is 4.01. The molecule has 1 heterocycles. The van der Waals surface area contributed by atoms with Gasteiger partial charge in [0.05, 0.1) is 5.70 Å². The Morgan fingerprint density at radius 3 is 2.42 bits per heavy atom. The van der Waals surface area contributed by atoms with Gasteiger partial charge >= 0.3 is 0 Å². The molecule has 0 amide bonds. The van der Waals surface area contributed by atoms with E-state index in [9.17, 15) is 0 Å². The molecule has 0 bridgehead atoms. The number of piperazine rings is 1. The van der Waals surface area contributed by atoms with E-state index in [0.717, 1.165) is 31.9 Å². The van der Waals surface area contributed by atoms with Crippen LogP contribution in [-0.2, 0) is 0 Å². The van der Waals surface area contributed by atoms with Gasteiger partial charge in [0.2, 0.25) is 0 Å². The molecule has 1 saturated heterocycles. The predicted octanol–water partition coefficient (Wildman–Crippen LogP) is -0.836. The van der Waals surface area contributed by atoms with E-state index in [1.165, 1.54) is 6.20 Å². The van der Waals surface area contributed by atoms with Crippen molar-refractivity contribution in [1.82, 2.24) is 10.2 Å². The second kappa shape index (κ2) is 4.66. The summed E-state index contributed by atoms with van der Waals surface area (Å²) in [4.78, 5) is 2.21. The molecular formula is C8H16N4. The largest absolute Gasteiger partial charge is 0.405 e. The van der Waals surface area contributed by atoms with Gasteiger partial charge in [-0.05, 0) is 12.3 Å². The van der Waals surface area contributed by atoms with Gasteiger partial charge in [0.15, 0.2) is 0 Å². The topological polar surface area (TPSA) is 67.3 Å². The number of hydrogen-bond donors (Lipinski definition) is 3. The molecule has 68 valence electrons. The fraction of sp³-hybridized carbons (Fsp3) is 0.500. The SMILES string of the molecule is N/C=C\C(=C/N)N1CCNCC1. The monoisotopic (exact) mass is 168 g/mol. The van der Waals surface area contributed by atoms with Gasteiger partial charge in [0, 0.05) is 32.4 Å². The molecule has 1 fully saturated rings. The standard InChI is InChI=1S/C8H16N4/c9-2-1-8(7-10)12-5-3-11-4-6-12/h1-2,7,11H,3-6,9-10H2/b2-1-,8-7+. The highest BCUT2D eigenvalue weighted by Crippen LogP contribution is 2.04. The third kappa shape index (κ3) is 2.17. The maximum atomic E-state index is 5.46. The highest BCUT2D eigenvalue weighted by Gasteiger charge is 2.09. The quantitative estimate of drug-likeness (QED) is 0.471. The van der Waals surface area contributed by atoms with Gasteiger partial charge in [-0.3, -0.25) is 0 Å². The van der Waals surface area contributed by atoms with Gasteiger partial charge < -0.3 is 21.7 Å². The summed E-state index contributed by atoms with van der Waals surface area (Å²) in [5.74, 6) is 0. The highest BCUT2D eigenvalue weighted by molar-refractivity contribution is 5.16. The molecule has 0 unspecified atom stereocenters. The number of nitrogens with two attached hydrogens (primary N) is 2. The van der Waals surface area contributed by atoms with Gasteiger partial charge in [-0.1, -0.05) is 0 Å². The molecule has 4 heteroatoms. The van der Waals surface area contributed by atoms with Crippen LogP contribution in [0.1, 0.15) is 0 Å². The molecule has 4 nitrogen and oxygen atoms in total. The lowest BCUT2D eigenvalue weighted by Crippen LogP contribution is -2.42. The lowest BCUT2D eigenvalue weighted by Gasteiger charge is -2.29. The van der Waals surface area contributed by atoms with E-state index in [1.54, 1.807) is 6.20 Å². The average Bonchev–Trinajstić information content (AvgIpc) is 2.15. The molecule has 0 aliphatic carbocycles. The highest BCUT2D eigenvalue weighted by atomic mass is 15.2. The Hall–Kier alpha value is -1.16. The van der Waals surface area contributed by atoms with Crippen molar-refractivity contribution in [2.24, 2.45) is 11.5 Å².